The fraction of sp³-hybridized carbons (Fsp3) is 0.333. The molecule has 18 heavy (non-hydrogen) atoms. The summed E-state index contributed by atoms with van der Waals surface area (Å²) in [6, 6.07) is 5.93. The van der Waals surface area contributed by atoms with Crippen molar-refractivity contribution in [2.45, 2.75) is 26.3 Å². The number of halogens is 2. The summed E-state index contributed by atoms with van der Waals surface area (Å²) in [7, 11) is 0. The number of anilines is 1. The number of hydrogen-bond acceptors (Lipinski definition) is 4. The Morgan fingerprint density at radius 3 is 2.72 bits per heavy atom. The molecule has 1 N–H and O–H groups in total. The minimum absolute atomic E-state index is 0.357. The van der Waals surface area contributed by atoms with E-state index in [9.17, 15) is 0 Å². The van der Waals surface area contributed by atoms with Gasteiger partial charge in [0.15, 0.2) is 0 Å². The molecular formula is C12H13Cl2N3S. The van der Waals surface area contributed by atoms with E-state index in [0.717, 1.165) is 16.5 Å². The third-order valence-corrected chi connectivity index (χ3v) is 3.65. The van der Waals surface area contributed by atoms with Crippen LogP contribution in [-0.4, -0.2) is 15.4 Å². The van der Waals surface area contributed by atoms with Gasteiger partial charge in [0.2, 0.25) is 5.13 Å². The summed E-state index contributed by atoms with van der Waals surface area (Å²) in [5.74, 6) is 0.793. The minimum atomic E-state index is 0.357. The first-order chi connectivity index (χ1) is 8.54. The molecule has 0 bridgehead atoms. The Labute approximate surface area is 120 Å². The van der Waals surface area contributed by atoms with Crippen molar-refractivity contribution in [2.75, 3.05) is 5.32 Å². The SMILES string of the molecule is CC(C)Nc1nc(Cc2ccc(Cl)c(Cl)c2)ns1. The van der Waals surface area contributed by atoms with E-state index in [1.807, 2.05) is 12.1 Å². The van der Waals surface area contributed by atoms with Gasteiger partial charge in [0.05, 0.1) is 10.0 Å². The van der Waals surface area contributed by atoms with E-state index < -0.39 is 0 Å². The van der Waals surface area contributed by atoms with Crippen molar-refractivity contribution in [1.29, 1.82) is 0 Å². The lowest BCUT2D eigenvalue weighted by atomic mass is 10.1. The summed E-state index contributed by atoms with van der Waals surface area (Å²) in [5.41, 5.74) is 1.05. The van der Waals surface area contributed by atoms with Crippen LogP contribution in [0.3, 0.4) is 0 Å². The fourth-order valence-corrected chi connectivity index (χ4v) is 2.52. The Bertz CT molecular complexity index is 540. The van der Waals surface area contributed by atoms with E-state index in [-0.39, 0.29) is 0 Å². The highest BCUT2D eigenvalue weighted by atomic mass is 35.5. The molecule has 1 heterocycles. The number of nitrogens with zero attached hydrogens (tertiary/aromatic N) is 2. The highest BCUT2D eigenvalue weighted by Gasteiger charge is 2.07. The molecule has 0 spiro atoms. The Hall–Kier alpha value is -0.840. The standard InChI is InChI=1S/C12H13Cl2N3S/c1-7(2)15-12-16-11(17-18-12)6-8-3-4-9(13)10(14)5-8/h3-5,7H,6H2,1-2H3,(H,15,16,17). The molecule has 0 radical (unpaired) electrons. The normalized spacial score (nSPS) is 10.9. The van der Waals surface area contributed by atoms with Gasteiger partial charge in [0.1, 0.15) is 5.82 Å². The van der Waals surface area contributed by atoms with Gasteiger partial charge >= 0.3 is 0 Å². The molecule has 1 aromatic heterocycles. The quantitative estimate of drug-likeness (QED) is 0.917. The zero-order valence-electron chi connectivity index (χ0n) is 10.1. The molecule has 0 saturated carbocycles. The number of benzene rings is 1. The molecule has 3 nitrogen and oxygen atoms in total. The predicted octanol–water partition coefficient (Wildman–Crippen LogP) is 4.26. The van der Waals surface area contributed by atoms with Gasteiger partial charge in [-0.2, -0.15) is 4.37 Å². The molecule has 0 atom stereocenters. The summed E-state index contributed by atoms with van der Waals surface area (Å²) >= 11 is 13.2. The highest BCUT2D eigenvalue weighted by Crippen LogP contribution is 2.24. The van der Waals surface area contributed by atoms with Crippen molar-refractivity contribution in [3.8, 4) is 0 Å². The summed E-state index contributed by atoms with van der Waals surface area (Å²) in [4.78, 5) is 4.42. The molecule has 0 aliphatic rings. The topological polar surface area (TPSA) is 37.8 Å². The van der Waals surface area contributed by atoms with Crippen LogP contribution >= 0.6 is 34.7 Å². The molecule has 0 aliphatic carbocycles. The molecule has 0 fully saturated rings. The van der Waals surface area contributed by atoms with Gasteiger partial charge in [-0.15, -0.1) is 0 Å². The van der Waals surface area contributed by atoms with Gasteiger partial charge in [-0.05, 0) is 31.5 Å². The van der Waals surface area contributed by atoms with Gasteiger partial charge in [0, 0.05) is 24.0 Å². The highest BCUT2D eigenvalue weighted by molar-refractivity contribution is 7.09. The molecule has 96 valence electrons. The van der Waals surface area contributed by atoms with Crippen LogP contribution in [0, 0.1) is 0 Å². The second-order valence-electron chi connectivity index (χ2n) is 4.24. The third kappa shape index (κ3) is 3.57. The lowest BCUT2D eigenvalue weighted by Crippen LogP contribution is -2.09. The maximum absolute atomic E-state index is 5.97. The lowest BCUT2D eigenvalue weighted by molar-refractivity contribution is 0.892. The van der Waals surface area contributed by atoms with Crippen LogP contribution in [0.15, 0.2) is 18.2 Å². The van der Waals surface area contributed by atoms with Crippen molar-refractivity contribution in [3.63, 3.8) is 0 Å². The number of aromatic nitrogens is 2. The zero-order chi connectivity index (χ0) is 13.1. The molecule has 2 rings (SSSR count). The molecule has 0 aliphatic heterocycles. The zero-order valence-corrected chi connectivity index (χ0v) is 12.4. The average molecular weight is 302 g/mol. The summed E-state index contributed by atoms with van der Waals surface area (Å²) in [5, 5.41) is 5.20. The second-order valence-corrected chi connectivity index (χ2v) is 5.81. The Morgan fingerprint density at radius 2 is 2.06 bits per heavy atom. The van der Waals surface area contributed by atoms with Crippen molar-refractivity contribution in [1.82, 2.24) is 9.36 Å². The van der Waals surface area contributed by atoms with Crippen LogP contribution in [0.2, 0.25) is 10.0 Å². The molecule has 6 heteroatoms. The number of nitrogens with one attached hydrogen (secondary N) is 1. The van der Waals surface area contributed by atoms with E-state index in [0.29, 0.717) is 22.5 Å². The van der Waals surface area contributed by atoms with E-state index in [2.05, 4.69) is 28.5 Å². The Kier molecular flexibility index (Phi) is 4.43. The largest absolute Gasteiger partial charge is 0.358 e. The van der Waals surface area contributed by atoms with E-state index in [1.54, 1.807) is 6.07 Å². The fourth-order valence-electron chi connectivity index (χ4n) is 1.46. The summed E-state index contributed by atoms with van der Waals surface area (Å²) < 4.78 is 4.31. The first-order valence-electron chi connectivity index (χ1n) is 5.57. The van der Waals surface area contributed by atoms with Crippen LogP contribution in [0.4, 0.5) is 5.13 Å². The van der Waals surface area contributed by atoms with Crippen molar-refractivity contribution >= 4 is 39.9 Å². The van der Waals surface area contributed by atoms with E-state index in [1.165, 1.54) is 11.5 Å². The van der Waals surface area contributed by atoms with Crippen LogP contribution in [0.5, 0.6) is 0 Å². The van der Waals surface area contributed by atoms with Crippen LogP contribution < -0.4 is 5.32 Å². The number of hydrogen-bond donors (Lipinski definition) is 1. The molecular weight excluding hydrogens is 289 g/mol. The van der Waals surface area contributed by atoms with Crippen molar-refractivity contribution in [2.24, 2.45) is 0 Å². The van der Waals surface area contributed by atoms with Crippen LogP contribution in [0.1, 0.15) is 25.2 Å². The van der Waals surface area contributed by atoms with E-state index >= 15 is 0 Å². The first kappa shape index (κ1) is 13.6. The summed E-state index contributed by atoms with van der Waals surface area (Å²) in [6.07, 6.45) is 0.660. The van der Waals surface area contributed by atoms with Gasteiger partial charge in [-0.3, -0.25) is 0 Å². The van der Waals surface area contributed by atoms with Gasteiger partial charge in [-0.1, -0.05) is 29.3 Å². The smallest absolute Gasteiger partial charge is 0.202 e. The minimum Gasteiger partial charge on any atom is -0.358 e. The maximum atomic E-state index is 5.97. The predicted molar refractivity (Wildman–Crippen MR) is 77.9 cm³/mol. The molecule has 0 saturated heterocycles. The monoisotopic (exact) mass is 301 g/mol. The second kappa shape index (κ2) is 5.87. The molecule has 1 aromatic carbocycles. The van der Waals surface area contributed by atoms with Gasteiger partial charge in [-0.25, -0.2) is 4.98 Å². The Morgan fingerprint density at radius 1 is 1.28 bits per heavy atom. The molecule has 2 aromatic rings. The van der Waals surface area contributed by atoms with Gasteiger partial charge in [0.25, 0.3) is 0 Å². The van der Waals surface area contributed by atoms with E-state index in [4.69, 9.17) is 23.2 Å². The van der Waals surface area contributed by atoms with Crippen molar-refractivity contribution in [3.05, 3.63) is 39.6 Å². The lowest BCUT2D eigenvalue weighted by Gasteiger charge is -2.03. The molecule has 0 unspecified atom stereocenters. The maximum Gasteiger partial charge on any atom is 0.202 e. The summed E-state index contributed by atoms with van der Waals surface area (Å²) in [6.45, 7) is 4.14. The Balaban J connectivity index is 2.08. The number of rotatable bonds is 4. The molecule has 0 amide bonds. The average Bonchev–Trinajstić information content (AvgIpc) is 2.70. The van der Waals surface area contributed by atoms with Crippen LogP contribution in [-0.2, 0) is 6.42 Å². The first-order valence-corrected chi connectivity index (χ1v) is 7.10. The van der Waals surface area contributed by atoms with Crippen LogP contribution in [0.25, 0.3) is 0 Å². The van der Waals surface area contributed by atoms with Gasteiger partial charge < -0.3 is 5.32 Å². The van der Waals surface area contributed by atoms with Crippen molar-refractivity contribution < 1.29 is 0 Å². The third-order valence-electron chi connectivity index (χ3n) is 2.23.